The van der Waals surface area contributed by atoms with Crippen molar-refractivity contribution in [1.29, 1.82) is 0 Å². The topological polar surface area (TPSA) is 67.4 Å². The molecule has 3 aliphatic carbocycles. The lowest BCUT2D eigenvalue weighted by molar-refractivity contribution is -0.129. The fourth-order valence-corrected chi connectivity index (χ4v) is 7.69. The van der Waals surface area contributed by atoms with E-state index in [1.165, 1.54) is 0 Å². The highest BCUT2D eigenvalue weighted by Gasteiger charge is 2.60. The zero-order valence-corrected chi connectivity index (χ0v) is 18.8. The highest BCUT2D eigenvalue weighted by Crippen LogP contribution is 2.65. The molecule has 1 aliphatic heterocycles. The van der Waals surface area contributed by atoms with E-state index < -0.39 is 0 Å². The maximum Gasteiger partial charge on any atom is 0.243 e. The monoisotopic (exact) mass is 422 g/mol. The van der Waals surface area contributed by atoms with E-state index in [-0.39, 0.29) is 34.6 Å². The number of rotatable bonds is 3. The number of anilines is 1. The fraction of sp³-hybridized carbons (Fsp3) is 0.615. The number of fused-ring (bicyclic) bond motifs is 5. The summed E-state index contributed by atoms with van der Waals surface area (Å²) in [7, 11) is 1.64. The SMILES string of the molecule is COc1cccc(NC(=O)C2CCC3C4CCC5NC(=O)C=C[C@]5(C)C4CC[C@]23C)c1. The molecule has 0 radical (unpaired) electrons. The Bertz CT molecular complexity index is 927. The van der Waals surface area contributed by atoms with Crippen molar-refractivity contribution in [3.05, 3.63) is 36.4 Å². The van der Waals surface area contributed by atoms with Gasteiger partial charge in [-0.1, -0.05) is 26.0 Å². The molecule has 5 nitrogen and oxygen atoms in total. The molecule has 166 valence electrons. The van der Waals surface area contributed by atoms with Gasteiger partial charge in [-0.2, -0.15) is 0 Å². The van der Waals surface area contributed by atoms with Crippen molar-refractivity contribution < 1.29 is 14.3 Å². The van der Waals surface area contributed by atoms with Gasteiger partial charge in [-0.15, -0.1) is 0 Å². The van der Waals surface area contributed by atoms with Gasteiger partial charge in [0.25, 0.3) is 0 Å². The van der Waals surface area contributed by atoms with Crippen LogP contribution < -0.4 is 15.4 Å². The summed E-state index contributed by atoms with van der Waals surface area (Å²) in [5.41, 5.74) is 0.898. The first-order chi connectivity index (χ1) is 14.8. The van der Waals surface area contributed by atoms with Crippen LogP contribution in [0.3, 0.4) is 0 Å². The molecule has 5 heteroatoms. The molecule has 0 spiro atoms. The lowest BCUT2D eigenvalue weighted by Gasteiger charge is -2.58. The van der Waals surface area contributed by atoms with Gasteiger partial charge in [0.05, 0.1) is 7.11 Å². The average molecular weight is 423 g/mol. The van der Waals surface area contributed by atoms with Crippen molar-refractivity contribution in [3.8, 4) is 5.75 Å². The van der Waals surface area contributed by atoms with Gasteiger partial charge in [0, 0.05) is 29.1 Å². The highest BCUT2D eigenvalue weighted by molar-refractivity contribution is 5.93. The van der Waals surface area contributed by atoms with Crippen LogP contribution in [0.1, 0.15) is 52.4 Å². The Morgan fingerprint density at radius 3 is 2.77 bits per heavy atom. The van der Waals surface area contributed by atoms with E-state index in [9.17, 15) is 9.59 Å². The quantitative estimate of drug-likeness (QED) is 0.751. The third-order valence-electron chi connectivity index (χ3n) is 9.34. The summed E-state index contributed by atoms with van der Waals surface area (Å²) >= 11 is 0. The molecule has 3 fully saturated rings. The lowest BCUT2D eigenvalue weighted by atomic mass is 9.48. The molecule has 1 aromatic carbocycles. The summed E-state index contributed by atoms with van der Waals surface area (Å²) in [6.07, 6.45) is 10.4. The lowest BCUT2D eigenvalue weighted by Crippen LogP contribution is -2.59. The third-order valence-corrected chi connectivity index (χ3v) is 9.34. The molecule has 4 aliphatic rings. The van der Waals surface area contributed by atoms with Gasteiger partial charge in [-0.05, 0) is 79.9 Å². The Morgan fingerprint density at radius 2 is 1.97 bits per heavy atom. The second-order valence-corrected chi connectivity index (χ2v) is 10.6. The Kier molecular flexibility index (Phi) is 4.91. The third kappa shape index (κ3) is 3.19. The van der Waals surface area contributed by atoms with Crippen LogP contribution in [0.2, 0.25) is 0 Å². The van der Waals surface area contributed by atoms with Crippen LogP contribution in [-0.4, -0.2) is 25.0 Å². The largest absolute Gasteiger partial charge is 0.497 e. The summed E-state index contributed by atoms with van der Waals surface area (Å²) < 4.78 is 5.30. The second kappa shape index (κ2) is 7.39. The van der Waals surface area contributed by atoms with E-state index in [0.29, 0.717) is 17.8 Å². The molecule has 3 saturated carbocycles. The first-order valence-electron chi connectivity index (χ1n) is 11.8. The first kappa shape index (κ1) is 20.6. The van der Waals surface area contributed by atoms with Crippen molar-refractivity contribution in [2.45, 2.75) is 58.4 Å². The fourth-order valence-electron chi connectivity index (χ4n) is 7.69. The number of amides is 2. The molecule has 1 aromatic rings. The van der Waals surface area contributed by atoms with Crippen LogP contribution in [-0.2, 0) is 9.59 Å². The van der Waals surface area contributed by atoms with Crippen molar-refractivity contribution in [2.24, 2.45) is 34.5 Å². The molecule has 5 unspecified atom stereocenters. The zero-order chi connectivity index (χ0) is 21.8. The van der Waals surface area contributed by atoms with Crippen LogP contribution >= 0.6 is 0 Å². The van der Waals surface area contributed by atoms with Crippen molar-refractivity contribution >= 4 is 17.5 Å². The number of nitrogens with one attached hydrogen (secondary N) is 2. The summed E-state index contributed by atoms with van der Waals surface area (Å²) in [6.45, 7) is 4.71. The van der Waals surface area contributed by atoms with Crippen LogP contribution in [0.5, 0.6) is 5.75 Å². The van der Waals surface area contributed by atoms with Crippen LogP contribution in [0, 0.1) is 34.5 Å². The molecule has 2 amide bonds. The maximum atomic E-state index is 13.4. The van der Waals surface area contributed by atoms with Crippen LogP contribution in [0.15, 0.2) is 36.4 Å². The van der Waals surface area contributed by atoms with E-state index >= 15 is 0 Å². The summed E-state index contributed by atoms with van der Waals surface area (Å²) in [5, 5.41) is 6.39. The number of carbonyl (C=O) groups excluding carboxylic acids is 2. The van der Waals surface area contributed by atoms with E-state index in [4.69, 9.17) is 4.74 Å². The van der Waals surface area contributed by atoms with Gasteiger partial charge >= 0.3 is 0 Å². The maximum absolute atomic E-state index is 13.4. The molecular formula is C26H34N2O3. The molecule has 0 saturated heterocycles. The number of hydrogen-bond donors (Lipinski definition) is 2. The van der Waals surface area contributed by atoms with Gasteiger partial charge < -0.3 is 15.4 Å². The molecule has 31 heavy (non-hydrogen) atoms. The minimum absolute atomic E-state index is 0.0408. The van der Waals surface area contributed by atoms with E-state index in [2.05, 4.69) is 30.6 Å². The van der Waals surface area contributed by atoms with Crippen molar-refractivity contribution in [1.82, 2.24) is 5.32 Å². The van der Waals surface area contributed by atoms with Gasteiger partial charge in [0.1, 0.15) is 5.75 Å². The Morgan fingerprint density at radius 1 is 1.13 bits per heavy atom. The first-order valence-corrected chi connectivity index (χ1v) is 11.8. The normalized spacial score (nSPS) is 40.9. The van der Waals surface area contributed by atoms with Gasteiger partial charge in [-0.25, -0.2) is 0 Å². The smallest absolute Gasteiger partial charge is 0.243 e. The van der Waals surface area contributed by atoms with Crippen LogP contribution in [0.25, 0.3) is 0 Å². The summed E-state index contributed by atoms with van der Waals surface area (Å²) in [5.74, 6) is 2.81. The van der Waals surface area contributed by atoms with E-state index in [0.717, 1.165) is 50.0 Å². The van der Waals surface area contributed by atoms with Crippen LogP contribution in [0.4, 0.5) is 5.69 Å². The van der Waals surface area contributed by atoms with E-state index in [1.54, 1.807) is 13.2 Å². The number of hydrogen-bond acceptors (Lipinski definition) is 3. The van der Waals surface area contributed by atoms with Crippen molar-refractivity contribution in [3.63, 3.8) is 0 Å². The van der Waals surface area contributed by atoms with Gasteiger partial charge in [0.15, 0.2) is 0 Å². The molecule has 0 bridgehead atoms. The molecule has 2 N–H and O–H groups in total. The summed E-state index contributed by atoms with van der Waals surface area (Å²) in [4.78, 5) is 25.3. The number of methoxy groups -OCH3 is 1. The highest BCUT2D eigenvalue weighted by atomic mass is 16.5. The standard InChI is InChI=1S/C26H34N2O3/c1-25-13-11-20-18(7-10-22-26(20,2)14-12-23(29)28-22)19(25)8-9-21(25)24(30)27-16-5-4-6-17(15-16)31-3/h4-6,12,14-15,18-22H,7-11,13H2,1-3H3,(H,27,30)(H,28,29)/t18?,19?,20?,21?,22?,25-,26+/m0/s1. The summed E-state index contributed by atoms with van der Waals surface area (Å²) in [6, 6.07) is 7.87. The number of ether oxygens (including phenoxy) is 1. The molecule has 7 atom stereocenters. The number of carbonyl (C=O) groups is 2. The minimum atomic E-state index is 0.0408. The average Bonchev–Trinajstić information content (AvgIpc) is 3.11. The van der Waals surface area contributed by atoms with Gasteiger partial charge in [-0.3, -0.25) is 9.59 Å². The zero-order valence-electron chi connectivity index (χ0n) is 18.8. The predicted molar refractivity (Wildman–Crippen MR) is 121 cm³/mol. The predicted octanol–water partition coefficient (Wildman–Crippen LogP) is 4.55. The second-order valence-electron chi connectivity index (χ2n) is 10.6. The Labute approximate surface area is 185 Å². The Hall–Kier alpha value is -2.30. The minimum Gasteiger partial charge on any atom is -0.497 e. The van der Waals surface area contributed by atoms with E-state index in [1.807, 2.05) is 24.3 Å². The molecule has 5 rings (SSSR count). The molecule has 1 heterocycles. The van der Waals surface area contributed by atoms with Gasteiger partial charge in [0.2, 0.25) is 11.8 Å². The molecule has 0 aromatic heterocycles. The van der Waals surface area contributed by atoms with Crippen molar-refractivity contribution in [2.75, 3.05) is 12.4 Å². The Balaban J connectivity index is 1.36. The number of benzene rings is 1. The molecular weight excluding hydrogens is 388 g/mol.